The lowest BCUT2D eigenvalue weighted by Crippen LogP contribution is -2.42. The Bertz CT molecular complexity index is 567. The predicted octanol–water partition coefficient (Wildman–Crippen LogP) is 2.74. The van der Waals surface area contributed by atoms with Crippen molar-refractivity contribution < 1.29 is 4.74 Å². The van der Waals surface area contributed by atoms with Crippen molar-refractivity contribution in [3.05, 3.63) is 53.9 Å². The highest BCUT2D eigenvalue weighted by atomic mass is 16.5. The summed E-state index contributed by atoms with van der Waals surface area (Å²) in [6.07, 6.45) is 6.66. The van der Waals surface area contributed by atoms with Gasteiger partial charge in [0.2, 0.25) is 0 Å². The van der Waals surface area contributed by atoms with Crippen molar-refractivity contribution in [2.45, 2.75) is 39.0 Å². The minimum absolute atomic E-state index is 0.343. The van der Waals surface area contributed by atoms with Crippen LogP contribution in [0.25, 0.3) is 0 Å². The molecule has 1 fully saturated rings. The lowest BCUT2D eigenvalue weighted by molar-refractivity contribution is -0.0345. The number of nitrogens with zero attached hydrogens (tertiary/aromatic N) is 3. The smallest absolute Gasteiger partial charge is 0.0705 e. The van der Waals surface area contributed by atoms with E-state index in [0.717, 1.165) is 45.6 Å². The average Bonchev–Trinajstić information content (AvgIpc) is 3.02. The van der Waals surface area contributed by atoms with Gasteiger partial charge in [-0.05, 0) is 25.3 Å². The van der Waals surface area contributed by atoms with E-state index < -0.39 is 0 Å². The Labute approximate surface area is 132 Å². The zero-order valence-corrected chi connectivity index (χ0v) is 13.3. The van der Waals surface area contributed by atoms with Crippen LogP contribution in [0.5, 0.6) is 0 Å². The van der Waals surface area contributed by atoms with Gasteiger partial charge in [-0.15, -0.1) is 0 Å². The molecule has 22 heavy (non-hydrogen) atoms. The van der Waals surface area contributed by atoms with Crippen molar-refractivity contribution >= 4 is 0 Å². The van der Waals surface area contributed by atoms with Crippen LogP contribution in [0.15, 0.2) is 42.7 Å². The van der Waals surface area contributed by atoms with Crippen molar-refractivity contribution in [3.63, 3.8) is 0 Å². The summed E-state index contributed by atoms with van der Waals surface area (Å²) in [7, 11) is 0. The number of aryl methyl sites for hydroxylation is 2. The van der Waals surface area contributed by atoms with Crippen LogP contribution in [0.3, 0.4) is 0 Å². The molecule has 1 aliphatic heterocycles. The van der Waals surface area contributed by atoms with Gasteiger partial charge in [-0.1, -0.05) is 30.3 Å². The molecule has 4 heteroatoms. The molecule has 0 N–H and O–H groups in total. The maximum atomic E-state index is 5.93. The number of rotatable bonds is 6. The van der Waals surface area contributed by atoms with E-state index in [1.165, 1.54) is 11.1 Å². The Morgan fingerprint density at radius 2 is 2.09 bits per heavy atom. The molecule has 0 spiro atoms. The monoisotopic (exact) mass is 299 g/mol. The lowest BCUT2D eigenvalue weighted by atomic mass is 10.1. The van der Waals surface area contributed by atoms with Gasteiger partial charge in [0, 0.05) is 37.9 Å². The Morgan fingerprint density at radius 3 is 2.86 bits per heavy atom. The van der Waals surface area contributed by atoms with E-state index in [0.29, 0.717) is 6.10 Å². The number of morpholine rings is 1. The Kier molecular flexibility index (Phi) is 5.24. The minimum Gasteiger partial charge on any atom is -0.376 e. The minimum atomic E-state index is 0.343. The summed E-state index contributed by atoms with van der Waals surface area (Å²) in [6.45, 7) is 6.89. The van der Waals surface area contributed by atoms with Crippen LogP contribution >= 0.6 is 0 Å². The van der Waals surface area contributed by atoms with Crippen LogP contribution in [0, 0.1) is 0 Å². The first-order chi connectivity index (χ1) is 10.8. The second kappa shape index (κ2) is 7.56. The summed E-state index contributed by atoms with van der Waals surface area (Å²) in [5.74, 6) is 0. The van der Waals surface area contributed by atoms with E-state index in [2.05, 4.69) is 53.5 Å². The molecule has 1 saturated heterocycles. The fourth-order valence-electron chi connectivity index (χ4n) is 2.99. The van der Waals surface area contributed by atoms with Crippen molar-refractivity contribution in [2.24, 2.45) is 0 Å². The van der Waals surface area contributed by atoms with Gasteiger partial charge < -0.3 is 4.74 Å². The zero-order chi connectivity index (χ0) is 15.2. The summed E-state index contributed by atoms with van der Waals surface area (Å²) in [5.41, 5.74) is 2.69. The van der Waals surface area contributed by atoms with Crippen molar-refractivity contribution in [2.75, 3.05) is 19.7 Å². The third-order valence-electron chi connectivity index (χ3n) is 4.24. The van der Waals surface area contributed by atoms with Crippen LogP contribution in [-0.2, 0) is 24.2 Å². The summed E-state index contributed by atoms with van der Waals surface area (Å²) in [4.78, 5) is 2.48. The van der Waals surface area contributed by atoms with Gasteiger partial charge in [0.15, 0.2) is 0 Å². The molecule has 2 aromatic rings. The third kappa shape index (κ3) is 4.18. The summed E-state index contributed by atoms with van der Waals surface area (Å²) in [5, 5.41) is 4.35. The van der Waals surface area contributed by atoms with Gasteiger partial charge in [0.05, 0.1) is 18.9 Å². The fourth-order valence-corrected chi connectivity index (χ4v) is 2.99. The molecule has 0 radical (unpaired) electrons. The fraction of sp³-hybridized carbons (Fsp3) is 0.500. The van der Waals surface area contributed by atoms with Crippen LogP contribution in [0.2, 0.25) is 0 Å². The first-order valence-electron chi connectivity index (χ1n) is 8.22. The standard InChI is InChI=1S/C18H25N3O/c1-2-21-14-17(12-19-21)13-20-10-11-22-18(15-20)9-8-16-6-4-3-5-7-16/h3-7,12,14,18H,2,8-11,13,15H2,1H3/t18-/m0/s1. The second-order valence-corrected chi connectivity index (χ2v) is 5.96. The maximum Gasteiger partial charge on any atom is 0.0705 e. The average molecular weight is 299 g/mol. The zero-order valence-electron chi connectivity index (χ0n) is 13.3. The molecule has 118 valence electrons. The molecule has 1 atom stereocenters. The number of hydrogen-bond donors (Lipinski definition) is 0. The molecular weight excluding hydrogens is 274 g/mol. The molecule has 1 aromatic heterocycles. The topological polar surface area (TPSA) is 30.3 Å². The van der Waals surface area contributed by atoms with Gasteiger partial charge in [-0.3, -0.25) is 9.58 Å². The molecule has 0 aliphatic carbocycles. The highest BCUT2D eigenvalue weighted by Gasteiger charge is 2.20. The molecule has 0 bridgehead atoms. The molecule has 0 saturated carbocycles. The third-order valence-corrected chi connectivity index (χ3v) is 4.24. The SMILES string of the molecule is CCn1cc(CN2CCO[C@@H](CCc3ccccc3)C2)cn1. The molecular formula is C18H25N3O. The number of hydrogen-bond acceptors (Lipinski definition) is 3. The predicted molar refractivity (Wildman–Crippen MR) is 87.7 cm³/mol. The van der Waals surface area contributed by atoms with Crippen molar-refractivity contribution in [1.29, 1.82) is 0 Å². The number of aromatic nitrogens is 2. The number of benzene rings is 1. The van der Waals surface area contributed by atoms with Crippen LogP contribution in [0.4, 0.5) is 0 Å². The Balaban J connectivity index is 1.48. The molecule has 4 nitrogen and oxygen atoms in total. The Morgan fingerprint density at radius 1 is 1.23 bits per heavy atom. The molecule has 1 aromatic carbocycles. The van der Waals surface area contributed by atoms with Gasteiger partial charge in [0.1, 0.15) is 0 Å². The van der Waals surface area contributed by atoms with Gasteiger partial charge in [0.25, 0.3) is 0 Å². The first-order valence-corrected chi connectivity index (χ1v) is 8.22. The van der Waals surface area contributed by atoms with E-state index in [4.69, 9.17) is 4.74 Å². The van der Waals surface area contributed by atoms with E-state index in [1.807, 2.05) is 10.9 Å². The maximum absolute atomic E-state index is 5.93. The number of ether oxygens (including phenoxy) is 1. The summed E-state index contributed by atoms with van der Waals surface area (Å²) < 4.78 is 7.92. The Hall–Kier alpha value is -1.65. The van der Waals surface area contributed by atoms with Crippen LogP contribution in [0.1, 0.15) is 24.5 Å². The largest absolute Gasteiger partial charge is 0.376 e. The second-order valence-electron chi connectivity index (χ2n) is 5.96. The molecule has 1 aliphatic rings. The van der Waals surface area contributed by atoms with E-state index in [1.54, 1.807) is 0 Å². The van der Waals surface area contributed by atoms with Crippen molar-refractivity contribution in [3.8, 4) is 0 Å². The van der Waals surface area contributed by atoms with E-state index in [9.17, 15) is 0 Å². The lowest BCUT2D eigenvalue weighted by Gasteiger charge is -2.32. The van der Waals surface area contributed by atoms with E-state index >= 15 is 0 Å². The molecule has 2 heterocycles. The summed E-state index contributed by atoms with van der Waals surface area (Å²) in [6, 6.07) is 10.7. The highest BCUT2D eigenvalue weighted by Crippen LogP contribution is 2.14. The van der Waals surface area contributed by atoms with Gasteiger partial charge in [-0.2, -0.15) is 5.10 Å². The van der Waals surface area contributed by atoms with Crippen molar-refractivity contribution in [1.82, 2.24) is 14.7 Å². The highest BCUT2D eigenvalue weighted by molar-refractivity contribution is 5.14. The van der Waals surface area contributed by atoms with Crippen LogP contribution < -0.4 is 0 Å². The molecule has 0 amide bonds. The van der Waals surface area contributed by atoms with Gasteiger partial charge >= 0.3 is 0 Å². The molecule has 3 rings (SSSR count). The van der Waals surface area contributed by atoms with Gasteiger partial charge in [-0.25, -0.2) is 0 Å². The summed E-state index contributed by atoms with van der Waals surface area (Å²) >= 11 is 0. The van der Waals surface area contributed by atoms with Crippen LogP contribution in [-0.4, -0.2) is 40.5 Å². The molecule has 0 unspecified atom stereocenters. The normalized spacial score (nSPS) is 19.4. The first kappa shape index (κ1) is 15.3. The van der Waals surface area contributed by atoms with E-state index in [-0.39, 0.29) is 0 Å². The quantitative estimate of drug-likeness (QED) is 0.821.